The number of furan rings is 1. The molecule has 0 unspecified atom stereocenters. The van der Waals surface area contributed by atoms with Crippen LogP contribution >= 0.6 is 22.9 Å². The Labute approximate surface area is 140 Å². The second kappa shape index (κ2) is 5.57. The molecule has 4 heterocycles. The number of amides is 1. The van der Waals surface area contributed by atoms with Crippen LogP contribution in [-0.2, 0) is 0 Å². The summed E-state index contributed by atoms with van der Waals surface area (Å²) in [4.78, 5) is 16.7. The molecule has 2 N–H and O–H groups in total. The number of anilines is 1. The standard InChI is InChI=1S/C16H10ClN3O2S/c17-10-5-6-13-18-14(12-4-2-8-23-12)15(20(13)9-10)19-16(21)11-3-1-7-22-11/h1-9H,(H,19,21)/p+1. The summed E-state index contributed by atoms with van der Waals surface area (Å²) in [5, 5.41) is 5.46. The van der Waals surface area contributed by atoms with Crippen molar-refractivity contribution in [1.29, 1.82) is 0 Å². The van der Waals surface area contributed by atoms with Crippen molar-refractivity contribution < 1.29 is 13.6 Å². The van der Waals surface area contributed by atoms with E-state index in [0.717, 1.165) is 16.2 Å². The van der Waals surface area contributed by atoms with E-state index in [1.165, 1.54) is 6.26 Å². The van der Waals surface area contributed by atoms with E-state index in [2.05, 4.69) is 10.3 Å². The number of imidazole rings is 1. The van der Waals surface area contributed by atoms with Gasteiger partial charge >= 0.3 is 5.91 Å². The Bertz CT molecular complexity index is 975. The molecule has 1 amide bonds. The Morgan fingerprint density at radius 3 is 2.91 bits per heavy atom. The highest BCUT2D eigenvalue weighted by molar-refractivity contribution is 7.13. The van der Waals surface area contributed by atoms with Crippen LogP contribution in [0.1, 0.15) is 10.6 Å². The second-order valence-corrected chi connectivity index (χ2v) is 6.24. The van der Waals surface area contributed by atoms with E-state index in [9.17, 15) is 4.79 Å². The van der Waals surface area contributed by atoms with Crippen LogP contribution in [0.4, 0.5) is 5.82 Å². The number of carbonyl (C=O) groups is 1. The largest absolute Gasteiger partial charge is 0.458 e. The molecule has 0 aliphatic rings. The predicted molar refractivity (Wildman–Crippen MR) is 88.9 cm³/mol. The maximum Gasteiger partial charge on any atom is 0.347 e. The third kappa shape index (κ3) is 2.52. The first kappa shape index (κ1) is 14.0. The summed E-state index contributed by atoms with van der Waals surface area (Å²) >= 11 is 7.68. The molecule has 0 spiro atoms. The maximum atomic E-state index is 12.4. The van der Waals surface area contributed by atoms with E-state index >= 15 is 0 Å². The summed E-state index contributed by atoms with van der Waals surface area (Å²) in [5.74, 6) is 0.548. The van der Waals surface area contributed by atoms with Crippen molar-refractivity contribution >= 4 is 40.3 Å². The Balaban J connectivity index is 1.87. The van der Waals surface area contributed by atoms with Crippen molar-refractivity contribution in [3.63, 3.8) is 0 Å². The fraction of sp³-hybridized carbons (Fsp3) is 0. The molecule has 0 aromatic carbocycles. The highest BCUT2D eigenvalue weighted by Gasteiger charge is 2.25. The molecule has 4 rings (SSSR count). The smallest absolute Gasteiger partial charge is 0.347 e. The fourth-order valence-corrected chi connectivity index (χ4v) is 3.26. The summed E-state index contributed by atoms with van der Waals surface area (Å²) in [6.07, 6.45) is 3.22. The van der Waals surface area contributed by atoms with E-state index in [0.29, 0.717) is 10.8 Å². The number of aromatic nitrogens is 2. The van der Waals surface area contributed by atoms with Gasteiger partial charge in [0.2, 0.25) is 11.4 Å². The molecule has 0 bridgehead atoms. The molecule has 0 aliphatic heterocycles. The van der Waals surface area contributed by atoms with E-state index in [4.69, 9.17) is 16.0 Å². The van der Waals surface area contributed by atoms with Crippen LogP contribution < -0.4 is 9.72 Å². The van der Waals surface area contributed by atoms with Gasteiger partial charge in [-0.1, -0.05) is 17.7 Å². The number of aromatic amines is 1. The lowest BCUT2D eigenvalue weighted by molar-refractivity contribution is -0.493. The molecule has 0 saturated heterocycles. The molecule has 0 atom stereocenters. The van der Waals surface area contributed by atoms with Crippen molar-refractivity contribution in [2.75, 3.05) is 5.32 Å². The summed E-state index contributed by atoms with van der Waals surface area (Å²) in [7, 11) is 0. The summed E-state index contributed by atoms with van der Waals surface area (Å²) in [5.41, 5.74) is 1.65. The molecule has 23 heavy (non-hydrogen) atoms. The first-order valence-electron chi connectivity index (χ1n) is 6.84. The van der Waals surface area contributed by atoms with Gasteiger partial charge in [0.1, 0.15) is 0 Å². The number of carbonyl (C=O) groups excluding carboxylic acids is 1. The number of hydrogen-bond donors (Lipinski definition) is 2. The van der Waals surface area contributed by atoms with Crippen LogP contribution in [0.25, 0.3) is 16.2 Å². The Hall–Kier alpha value is -2.57. The molecule has 114 valence electrons. The van der Waals surface area contributed by atoms with Crippen LogP contribution in [-0.4, -0.2) is 10.9 Å². The van der Waals surface area contributed by atoms with Gasteiger partial charge in [-0.05, 0) is 29.6 Å². The van der Waals surface area contributed by atoms with Crippen LogP contribution in [0.2, 0.25) is 5.02 Å². The molecule has 4 aromatic rings. The number of fused-ring (bicyclic) bond motifs is 1. The maximum absolute atomic E-state index is 12.4. The van der Waals surface area contributed by atoms with E-state index < -0.39 is 0 Å². The lowest BCUT2D eigenvalue weighted by Gasteiger charge is -1.99. The third-order valence-corrected chi connectivity index (χ3v) is 4.50. The predicted octanol–water partition coefficient (Wildman–Crippen LogP) is 3.98. The normalized spacial score (nSPS) is 11.0. The summed E-state index contributed by atoms with van der Waals surface area (Å²) < 4.78 is 6.97. The Morgan fingerprint density at radius 2 is 2.17 bits per heavy atom. The average Bonchev–Trinajstić information content (AvgIpc) is 3.28. The topological polar surface area (TPSA) is 62.1 Å². The first-order valence-corrected chi connectivity index (χ1v) is 8.10. The zero-order valence-electron chi connectivity index (χ0n) is 11.7. The number of nitrogens with zero attached hydrogens (tertiary/aromatic N) is 1. The highest BCUT2D eigenvalue weighted by atomic mass is 35.5. The first-order chi connectivity index (χ1) is 11.2. The van der Waals surface area contributed by atoms with Gasteiger partial charge in [-0.25, -0.2) is 14.5 Å². The molecule has 0 saturated carbocycles. The average molecular weight is 345 g/mol. The van der Waals surface area contributed by atoms with E-state index in [1.807, 2.05) is 28.0 Å². The number of hydrogen-bond acceptors (Lipinski definition) is 3. The van der Waals surface area contributed by atoms with Gasteiger partial charge < -0.3 is 4.42 Å². The Morgan fingerprint density at radius 1 is 1.26 bits per heavy atom. The minimum atomic E-state index is -0.318. The fourth-order valence-electron chi connectivity index (χ4n) is 2.37. The summed E-state index contributed by atoms with van der Waals surface area (Å²) in [6.45, 7) is 0. The minimum Gasteiger partial charge on any atom is -0.458 e. The van der Waals surface area contributed by atoms with Crippen molar-refractivity contribution in [1.82, 2.24) is 4.98 Å². The SMILES string of the molecule is O=C(Nc1c(-c2cccs2)[nH]c2ccc(Cl)c[n+]12)c1ccco1. The third-order valence-electron chi connectivity index (χ3n) is 3.39. The molecular weight excluding hydrogens is 334 g/mol. The number of pyridine rings is 1. The van der Waals surface area contributed by atoms with Gasteiger partial charge in [0.05, 0.1) is 22.4 Å². The quantitative estimate of drug-likeness (QED) is 0.552. The number of thiophene rings is 1. The van der Waals surface area contributed by atoms with Crippen LogP contribution in [0, 0.1) is 0 Å². The van der Waals surface area contributed by atoms with E-state index in [1.54, 1.807) is 35.7 Å². The monoisotopic (exact) mass is 344 g/mol. The number of nitrogens with one attached hydrogen (secondary N) is 2. The molecular formula is C16H11ClN3O2S+. The van der Waals surface area contributed by atoms with Gasteiger partial charge in [0, 0.05) is 6.07 Å². The van der Waals surface area contributed by atoms with Gasteiger partial charge in [-0.15, -0.1) is 11.3 Å². The lowest BCUT2D eigenvalue weighted by Crippen LogP contribution is -2.26. The van der Waals surface area contributed by atoms with E-state index in [-0.39, 0.29) is 11.7 Å². The molecule has 0 fully saturated rings. The van der Waals surface area contributed by atoms with Crippen molar-refractivity contribution in [3.8, 4) is 10.6 Å². The zero-order valence-corrected chi connectivity index (χ0v) is 13.3. The van der Waals surface area contributed by atoms with Crippen LogP contribution in [0.15, 0.2) is 58.7 Å². The van der Waals surface area contributed by atoms with Crippen molar-refractivity contribution in [3.05, 3.63) is 65.0 Å². The molecule has 5 nitrogen and oxygen atoms in total. The van der Waals surface area contributed by atoms with Gasteiger partial charge in [-0.3, -0.25) is 4.98 Å². The van der Waals surface area contributed by atoms with Crippen LogP contribution in [0.5, 0.6) is 0 Å². The van der Waals surface area contributed by atoms with Crippen molar-refractivity contribution in [2.24, 2.45) is 0 Å². The van der Waals surface area contributed by atoms with Gasteiger partial charge in [-0.2, -0.15) is 0 Å². The van der Waals surface area contributed by atoms with Crippen LogP contribution in [0.3, 0.4) is 0 Å². The molecule has 0 aliphatic carbocycles. The molecule has 4 aromatic heterocycles. The minimum absolute atomic E-state index is 0.249. The zero-order chi connectivity index (χ0) is 15.8. The van der Waals surface area contributed by atoms with Crippen molar-refractivity contribution in [2.45, 2.75) is 0 Å². The second-order valence-electron chi connectivity index (χ2n) is 4.86. The number of rotatable bonds is 3. The van der Waals surface area contributed by atoms with Gasteiger partial charge in [0.15, 0.2) is 5.69 Å². The molecule has 0 radical (unpaired) electrons. The highest BCUT2D eigenvalue weighted by Crippen LogP contribution is 2.29. The summed E-state index contributed by atoms with van der Waals surface area (Å²) in [6, 6.07) is 10.9. The Kier molecular flexibility index (Phi) is 3.40. The number of halogens is 1. The lowest BCUT2D eigenvalue weighted by atomic mass is 10.3. The van der Waals surface area contributed by atoms with Gasteiger partial charge in [0.25, 0.3) is 5.82 Å². The number of H-pyrrole nitrogens is 1. The molecule has 7 heteroatoms.